The summed E-state index contributed by atoms with van der Waals surface area (Å²) in [6, 6.07) is 8.29. The first-order valence-electron chi connectivity index (χ1n) is 6.49. The SMILES string of the molecule is COC(=O)c1nc(C)sc1-c1ccc(C(C)(C)C)cc1. The standard InChI is InChI=1S/C16H19NO2S/c1-10-17-13(15(18)19-5)14(20-10)11-6-8-12(9-7-11)16(2,3)4/h6-9H,1-5H3. The summed E-state index contributed by atoms with van der Waals surface area (Å²) in [4.78, 5) is 16.9. The van der Waals surface area contributed by atoms with Crippen molar-refractivity contribution in [3.63, 3.8) is 0 Å². The highest BCUT2D eigenvalue weighted by atomic mass is 32.1. The molecular formula is C16H19NO2S. The smallest absolute Gasteiger partial charge is 0.358 e. The van der Waals surface area contributed by atoms with Crippen molar-refractivity contribution in [3.8, 4) is 10.4 Å². The van der Waals surface area contributed by atoms with E-state index in [-0.39, 0.29) is 11.4 Å². The molecule has 0 aliphatic carbocycles. The molecule has 1 heterocycles. The summed E-state index contributed by atoms with van der Waals surface area (Å²) in [5.74, 6) is -0.385. The van der Waals surface area contributed by atoms with Gasteiger partial charge in [0.1, 0.15) is 0 Å². The lowest BCUT2D eigenvalue weighted by Gasteiger charge is -2.19. The molecule has 0 saturated carbocycles. The lowest BCUT2D eigenvalue weighted by molar-refractivity contribution is 0.0595. The van der Waals surface area contributed by atoms with E-state index in [4.69, 9.17) is 4.74 Å². The first-order chi connectivity index (χ1) is 9.32. The van der Waals surface area contributed by atoms with Crippen LogP contribution in [0.15, 0.2) is 24.3 Å². The highest BCUT2D eigenvalue weighted by Gasteiger charge is 2.19. The zero-order valence-corrected chi connectivity index (χ0v) is 13.3. The molecule has 0 aliphatic heterocycles. The van der Waals surface area contributed by atoms with Crippen molar-refractivity contribution in [1.82, 2.24) is 4.98 Å². The summed E-state index contributed by atoms with van der Waals surface area (Å²) in [6.07, 6.45) is 0. The summed E-state index contributed by atoms with van der Waals surface area (Å²) in [7, 11) is 1.38. The summed E-state index contributed by atoms with van der Waals surface area (Å²) >= 11 is 1.51. The average Bonchev–Trinajstić information content (AvgIpc) is 2.79. The topological polar surface area (TPSA) is 39.2 Å². The molecule has 0 unspecified atom stereocenters. The predicted octanol–water partition coefficient (Wildman–Crippen LogP) is 4.20. The molecule has 2 rings (SSSR count). The number of rotatable bonds is 2. The molecule has 0 bridgehead atoms. The van der Waals surface area contributed by atoms with Gasteiger partial charge in [-0.15, -0.1) is 11.3 Å². The maximum atomic E-state index is 11.8. The number of esters is 1. The second kappa shape index (κ2) is 5.37. The van der Waals surface area contributed by atoms with Gasteiger partial charge in [-0.25, -0.2) is 9.78 Å². The predicted molar refractivity (Wildman–Crippen MR) is 82.3 cm³/mol. The van der Waals surface area contributed by atoms with Crippen molar-refractivity contribution in [2.75, 3.05) is 7.11 Å². The van der Waals surface area contributed by atoms with Gasteiger partial charge < -0.3 is 4.74 Å². The van der Waals surface area contributed by atoms with Crippen LogP contribution in [0.3, 0.4) is 0 Å². The molecule has 0 atom stereocenters. The molecule has 0 amide bonds. The van der Waals surface area contributed by atoms with E-state index in [0.29, 0.717) is 5.69 Å². The molecule has 0 spiro atoms. The van der Waals surface area contributed by atoms with E-state index in [1.807, 2.05) is 19.1 Å². The molecule has 20 heavy (non-hydrogen) atoms. The van der Waals surface area contributed by atoms with Gasteiger partial charge >= 0.3 is 5.97 Å². The van der Waals surface area contributed by atoms with Crippen molar-refractivity contribution in [2.45, 2.75) is 33.1 Å². The van der Waals surface area contributed by atoms with Gasteiger partial charge in [0, 0.05) is 0 Å². The van der Waals surface area contributed by atoms with E-state index >= 15 is 0 Å². The van der Waals surface area contributed by atoms with Crippen LogP contribution in [-0.4, -0.2) is 18.1 Å². The Morgan fingerprint density at radius 1 is 1.20 bits per heavy atom. The molecule has 4 heteroatoms. The fourth-order valence-electron chi connectivity index (χ4n) is 1.98. The molecule has 0 fully saturated rings. The van der Waals surface area contributed by atoms with Crippen LogP contribution < -0.4 is 0 Å². The second-order valence-corrected chi connectivity index (χ2v) is 6.93. The molecule has 106 valence electrons. The number of aromatic nitrogens is 1. The number of nitrogens with zero attached hydrogens (tertiary/aromatic N) is 1. The number of carbonyl (C=O) groups is 1. The molecule has 0 saturated heterocycles. The monoisotopic (exact) mass is 289 g/mol. The number of ether oxygens (including phenoxy) is 1. The van der Waals surface area contributed by atoms with Crippen LogP contribution in [0.2, 0.25) is 0 Å². The Labute approximate surface area is 123 Å². The van der Waals surface area contributed by atoms with Gasteiger partial charge in [0.25, 0.3) is 0 Å². The van der Waals surface area contributed by atoms with Gasteiger partial charge in [0.15, 0.2) is 5.69 Å². The minimum atomic E-state index is -0.385. The lowest BCUT2D eigenvalue weighted by atomic mass is 9.86. The number of aryl methyl sites for hydroxylation is 1. The third-order valence-electron chi connectivity index (χ3n) is 3.13. The number of benzene rings is 1. The molecular weight excluding hydrogens is 270 g/mol. The quantitative estimate of drug-likeness (QED) is 0.778. The minimum absolute atomic E-state index is 0.118. The highest BCUT2D eigenvalue weighted by Crippen LogP contribution is 2.32. The Morgan fingerprint density at radius 3 is 2.30 bits per heavy atom. The number of hydrogen-bond donors (Lipinski definition) is 0. The summed E-state index contributed by atoms with van der Waals surface area (Å²) < 4.78 is 4.79. The molecule has 0 aliphatic rings. The maximum Gasteiger partial charge on any atom is 0.358 e. The van der Waals surface area contributed by atoms with E-state index in [0.717, 1.165) is 15.4 Å². The average molecular weight is 289 g/mol. The van der Waals surface area contributed by atoms with Crippen molar-refractivity contribution in [1.29, 1.82) is 0 Å². The van der Waals surface area contributed by atoms with Crippen LogP contribution in [0.1, 0.15) is 41.8 Å². The number of thiazole rings is 1. The summed E-state index contributed by atoms with van der Waals surface area (Å²) in [5.41, 5.74) is 2.79. The van der Waals surface area contributed by atoms with Gasteiger partial charge in [0.05, 0.1) is 17.0 Å². The molecule has 2 aromatic rings. The lowest BCUT2D eigenvalue weighted by Crippen LogP contribution is -2.10. The number of hydrogen-bond acceptors (Lipinski definition) is 4. The molecule has 1 aromatic heterocycles. The van der Waals surface area contributed by atoms with Gasteiger partial charge in [-0.1, -0.05) is 45.0 Å². The zero-order chi connectivity index (χ0) is 14.9. The zero-order valence-electron chi connectivity index (χ0n) is 12.5. The van der Waals surface area contributed by atoms with Gasteiger partial charge in [-0.05, 0) is 23.5 Å². The molecule has 1 aromatic carbocycles. The second-order valence-electron chi connectivity index (χ2n) is 5.73. The van der Waals surface area contributed by atoms with Gasteiger partial charge in [-0.3, -0.25) is 0 Å². The fraction of sp³-hybridized carbons (Fsp3) is 0.375. The Balaban J connectivity index is 2.44. The third-order valence-corrected chi connectivity index (χ3v) is 4.15. The maximum absolute atomic E-state index is 11.8. The minimum Gasteiger partial charge on any atom is -0.464 e. The van der Waals surface area contributed by atoms with E-state index < -0.39 is 0 Å². The normalized spacial score (nSPS) is 11.4. The first kappa shape index (κ1) is 14.7. The van der Waals surface area contributed by atoms with Crippen molar-refractivity contribution < 1.29 is 9.53 Å². The van der Waals surface area contributed by atoms with E-state index in [2.05, 4.69) is 37.9 Å². The first-order valence-corrected chi connectivity index (χ1v) is 7.31. The van der Waals surface area contributed by atoms with Crippen molar-refractivity contribution in [3.05, 3.63) is 40.5 Å². The fourth-order valence-corrected chi connectivity index (χ4v) is 2.89. The van der Waals surface area contributed by atoms with E-state index in [1.54, 1.807) is 0 Å². The van der Waals surface area contributed by atoms with Crippen LogP contribution in [0.4, 0.5) is 0 Å². The molecule has 3 nitrogen and oxygen atoms in total. The van der Waals surface area contributed by atoms with Crippen LogP contribution in [0.5, 0.6) is 0 Å². The van der Waals surface area contributed by atoms with Crippen LogP contribution in [-0.2, 0) is 10.2 Å². The Hall–Kier alpha value is -1.68. The number of methoxy groups -OCH3 is 1. The Kier molecular flexibility index (Phi) is 3.95. The van der Waals surface area contributed by atoms with E-state index in [9.17, 15) is 4.79 Å². The van der Waals surface area contributed by atoms with Crippen molar-refractivity contribution >= 4 is 17.3 Å². The highest BCUT2D eigenvalue weighted by molar-refractivity contribution is 7.15. The van der Waals surface area contributed by atoms with Crippen LogP contribution in [0.25, 0.3) is 10.4 Å². The van der Waals surface area contributed by atoms with E-state index in [1.165, 1.54) is 24.0 Å². The summed E-state index contributed by atoms with van der Waals surface area (Å²) in [5, 5.41) is 0.861. The third kappa shape index (κ3) is 2.90. The largest absolute Gasteiger partial charge is 0.464 e. The van der Waals surface area contributed by atoms with Crippen LogP contribution >= 0.6 is 11.3 Å². The Bertz CT molecular complexity index is 621. The van der Waals surface area contributed by atoms with Gasteiger partial charge in [-0.2, -0.15) is 0 Å². The molecule has 0 radical (unpaired) electrons. The summed E-state index contributed by atoms with van der Waals surface area (Å²) in [6.45, 7) is 8.43. The van der Waals surface area contributed by atoms with Crippen LogP contribution in [0, 0.1) is 6.92 Å². The number of carbonyl (C=O) groups excluding carboxylic acids is 1. The van der Waals surface area contributed by atoms with Crippen molar-refractivity contribution in [2.24, 2.45) is 0 Å². The Morgan fingerprint density at radius 2 is 1.80 bits per heavy atom. The molecule has 0 N–H and O–H groups in total. The van der Waals surface area contributed by atoms with Gasteiger partial charge in [0.2, 0.25) is 0 Å².